The second-order valence-corrected chi connectivity index (χ2v) is 7.45. The van der Waals surface area contributed by atoms with Crippen LogP contribution in [0.3, 0.4) is 0 Å². The zero-order chi connectivity index (χ0) is 13.3. The predicted octanol–water partition coefficient (Wildman–Crippen LogP) is 5.46. The minimum Gasteiger partial charge on any atom is -0.363 e. The van der Waals surface area contributed by atoms with E-state index in [2.05, 4.69) is 69.0 Å². The zero-order valence-electron chi connectivity index (χ0n) is 10.4. The highest BCUT2D eigenvalue weighted by molar-refractivity contribution is 9.11. The average molecular weight is 390 g/mol. The van der Waals surface area contributed by atoms with Gasteiger partial charge in [0.25, 0.3) is 0 Å². The fourth-order valence-electron chi connectivity index (χ4n) is 1.88. The molecule has 0 aliphatic rings. The summed E-state index contributed by atoms with van der Waals surface area (Å²) in [5.74, 6) is 0.869. The molecule has 2 aromatic rings. The Labute approximate surface area is 128 Å². The Hall–Kier alpha value is -0.390. The fraction of sp³-hybridized carbons (Fsp3) is 0.308. The highest BCUT2D eigenvalue weighted by Gasteiger charge is 2.13. The van der Waals surface area contributed by atoms with Crippen LogP contribution in [0, 0.1) is 13.8 Å². The summed E-state index contributed by atoms with van der Waals surface area (Å²) in [7, 11) is 0. The third kappa shape index (κ3) is 3.13. The molecule has 5 heteroatoms. The summed E-state index contributed by atoms with van der Waals surface area (Å²) in [5.41, 5.74) is 1.34. The molecule has 2 aromatic heterocycles. The first-order chi connectivity index (χ1) is 8.47. The van der Waals surface area contributed by atoms with Gasteiger partial charge in [0.2, 0.25) is 0 Å². The van der Waals surface area contributed by atoms with Crippen LogP contribution in [-0.2, 0) is 0 Å². The van der Waals surface area contributed by atoms with E-state index < -0.39 is 0 Å². The number of pyridine rings is 1. The van der Waals surface area contributed by atoms with Crippen LogP contribution >= 0.6 is 43.2 Å². The number of aryl methyl sites for hydroxylation is 2. The molecule has 1 N–H and O–H groups in total. The summed E-state index contributed by atoms with van der Waals surface area (Å²) in [4.78, 5) is 7.09. The van der Waals surface area contributed by atoms with Gasteiger partial charge < -0.3 is 5.32 Å². The van der Waals surface area contributed by atoms with E-state index in [1.54, 1.807) is 6.20 Å². The van der Waals surface area contributed by atoms with Crippen molar-refractivity contribution >= 4 is 49.0 Å². The molecule has 1 atom stereocenters. The SMILES string of the molecule is Cc1cc(C(C)Nc2ncc(Br)cc2Br)c(C)s1. The van der Waals surface area contributed by atoms with Crippen molar-refractivity contribution in [1.29, 1.82) is 0 Å². The smallest absolute Gasteiger partial charge is 0.140 e. The quantitative estimate of drug-likeness (QED) is 0.753. The van der Waals surface area contributed by atoms with Crippen LogP contribution < -0.4 is 5.32 Å². The van der Waals surface area contributed by atoms with E-state index in [1.165, 1.54) is 15.3 Å². The Kier molecular flexibility index (Phi) is 4.45. The first-order valence-electron chi connectivity index (χ1n) is 5.62. The molecule has 96 valence electrons. The highest BCUT2D eigenvalue weighted by Crippen LogP contribution is 2.31. The highest BCUT2D eigenvalue weighted by atomic mass is 79.9. The number of rotatable bonds is 3. The summed E-state index contributed by atoms with van der Waals surface area (Å²) in [6, 6.07) is 4.48. The van der Waals surface area contributed by atoms with Crippen LogP contribution in [0.25, 0.3) is 0 Å². The van der Waals surface area contributed by atoms with Crippen molar-refractivity contribution in [2.24, 2.45) is 0 Å². The summed E-state index contributed by atoms with van der Waals surface area (Å²) >= 11 is 8.76. The summed E-state index contributed by atoms with van der Waals surface area (Å²) in [6.45, 7) is 6.46. The third-order valence-corrected chi connectivity index (χ3v) is 4.73. The van der Waals surface area contributed by atoms with Gasteiger partial charge in [-0.15, -0.1) is 11.3 Å². The van der Waals surface area contributed by atoms with Crippen molar-refractivity contribution in [1.82, 2.24) is 4.98 Å². The molecule has 2 rings (SSSR count). The average Bonchev–Trinajstić information content (AvgIpc) is 2.62. The van der Waals surface area contributed by atoms with E-state index in [-0.39, 0.29) is 6.04 Å². The standard InChI is InChI=1S/C13H14Br2N2S/c1-7-4-11(9(3)18-7)8(2)17-13-12(15)5-10(14)6-16-13/h4-6,8H,1-3H3,(H,16,17). The summed E-state index contributed by atoms with van der Waals surface area (Å²) in [6.07, 6.45) is 1.80. The Morgan fingerprint density at radius 1 is 1.28 bits per heavy atom. The first-order valence-corrected chi connectivity index (χ1v) is 8.02. The zero-order valence-corrected chi connectivity index (χ0v) is 14.4. The fourth-order valence-corrected chi connectivity index (χ4v) is 4.01. The van der Waals surface area contributed by atoms with Gasteiger partial charge >= 0.3 is 0 Å². The lowest BCUT2D eigenvalue weighted by molar-refractivity contribution is 0.870. The van der Waals surface area contributed by atoms with Crippen LogP contribution in [0.4, 0.5) is 5.82 Å². The van der Waals surface area contributed by atoms with Gasteiger partial charge in [-0.3, -0.25) is 0 Å². The van der Waals surface area contributed by atoms with Crippen molar-refractivity contribution in [3.8, 4) is 0 Å². The van der Waals surface area contributed by atoms with Crippen molar-refractivity contribution in [2.45, 2.75) is 26.8 Å². The molecular formula is C13H14Br2N2S. The summed E-state index contributed by atoms with van der Waals surface area (Å²) < 4.78 is 1.93. The van der Waals surface area contributed by atoms with E-state index >= 15 is 0 Å². The minimum absolute atomic E-state index is 0.250. The topological polar surface area (TPSA) is 24.9 Å². The minimum atomic E-state index is 0.250. The van der Waals surface area contributed by atoms with Gasteiger partial charge in [0, 0.05) is 20.4 Å². The Morgan fingerprint density at radius 2 is 2.00 bits per heavy atom. The number of halogens is 2. The third-order valence-electron chi connectivity index (χ3n) is 2.71. The second-order valence-electron chi connectivity index (χ2n) is 4.22. The summed E-state index contributed by atoms with van der Waals surface area (Å²) in [5, 5.41) is 3.44. The van der Waals surface area contributed by atoms with Crippen LogP contribution in [0.15, 0.2) is 27.3 Å². The molecule has 0 aliphatic carbocycles. The van der Waals surface area contributed by atoms with Gasteiger partial charge in [-0.1, -0.05) is 0 Å². The Morgan fingerprint density at radius 3 is 2.56 bits per heavy atom. The molecule has 18 heavy (non-hydrogen) atoms. The number of nitrogens with zero attached hydrogens (tertiary/aromatic N) is 1. The number of thiophene rings is 1. The molecule has 0 bridgehead atoms. The Bertz CT molecular complexity index is 566. The van der Waals surface area contributed by atoms with Crippen LogP contribution in [0.5, 0.6) is 0 Å². The van der Waals surface area contributed by atoms with E-state index in [0.29, 0.717) is 0 Å². The van der Waals surface area contributed by atoms with Crippen molar-refractivity contribution < 1.29 is 0 Å². The molecule has 0 aromatic carbocycles. The van der Waals surface area contributed by atoms with Crippen LogP contribution in [-0.4, -0.2) is 4.98 Å². The van der Waals surface area contributed by atoms with E-state index in [9.17, 15) is 0 Å². The maximum Gasteiger partial charge on any atom is 0.140 e. The molecular weight excluding hydrogens is 376 g/mol. The van der Waals surface area contributed by atoms with Gasteiger partial charge in [0.15, 0.2) is 0 Å². The number of aromatic nitrogens is 1. The lowest BCUT2D eigenvalue weighted by Gasteiger charge is -2.15. The molecule has 0 amide bonds. The maximum absolute atomic E-state index is 4.38. The molecule has 0 fully saturated rings. The molecule has 0 aliphatic heterocycles. The van der Waals surface area contributed by atoms with E-state index in [0.717, 1.165) is 14.8 Å². The van der Waals surface area contributed by atoms with Gasteiger partial charge in [0.05, 0.1) is 10.5 Å². The van der Waals surface area contributed by atoms with Gasteiger partial charge in [0.1, 0.15) is 5.82 Å². The first kappa shape index (κ1) is 14.0. The molecule has 0 radical (unpaired) electrons. The van der Waals surface area contributed by atoms with Crippen molar-refractivity contribution in [2.75, 3.05) is 5.32 Å². The van der Waals surface area contributed by atoms with Crippen molar-refractivity contribution in [3.63, 3.8) is 0 Å². The molecule has 2 heterocycles. The number of anilines is 1. The van der Waals surface area contributed by atoms with Crippen LogP contribution in [0.1, 0.15) is 28.3 Å². The van der Waals surface area contributed by atoms with E-state index in [4.69, 9.17) is 0 Å². The van der Waals surface area contributed by atoms with Gasteiger partial charge in [-0.2, -0.15) is 0 Å². The monoisotopic (exact) mass is 388 g/mol. The maximum atomic E-state index is 4.38. The van der Waals surface area contributed by atoms with Gasteiger partial charge in [-0.25, -0.2) is 4.98 Å². The lowest BCUT2D eigenvalue weighted by atomic mass is 10.1. The predicted molar refractivity (Wildman–Crippen MR) is 85.5 cm³/mol. The molecule has 1 unspecified atom stereocenters. The largest absolute Gasteiger partial charge is 0.363 e. The number of nitrogens with one attached hydrogen (secondary N) is 1. The molecule has 0 saturated carbocycles. The number of hydrogen-bond donors (Lipinski definition) is 1. The molecule has 0 saturated heterocycles. The second kappa shape index (κ2) is 5.72. The van der Waals surface area contributed by atoms with Crippen molar-refractivity contribution in [3.05, 3.63) is 42.6 Å². The van der Waals surface area contributed by atoms with E-state index in [1.807, 2.05) is 17.4 Å². The molecule has 2 nitrogen and oxygen atoms in total. The lowest BCUT2D eigenvalue weighted by Crippen LogP contribution is -2.08. The molecule has 0 spiro atoms. The van der Waals surface area contributed by atoms with Crippen LogP contribution in [0.2, 0.25) is 0 Å². The number of hydrogen-bond acceptors (Lipinski definition) is 3. The Balaban J connectivity index is 2.21. The normalized spacial score (nSPS) is 12.5. The van der Waals surface area contributed by atoms with Gasteiger partial charge in [-0.05, 0) is 70.3 Å².